The Hall–Kier alpha value is -0.580. The van der Waals surface area contributed by atoms with Crippen LogP contribution in [0.5, 0.6) is 0 Å². The van der Waals surface area contributed by atoms with Gasteiger partial charge in [-0.25, -0.2) is 8.42 Å². The molecule has 1 aromatic carbocycles. The Kier molecular flexibility index (Phi) is 3.53. The number of rotatable bonds is 3. The molecule has 0 radical (unpaired) electrons. The first-order valence-corrected chi connectivity index (χ1v) is 6.31. The molecule has 1 rings (SSSR count). The smallest absolute Gasteiger partial charge is 0.176 e. The predicted molar refractivity (Wildman–Crippen MR) is 55.4 cm³/mol. The molecule has 1 aromatic rings. The fourth-order valence-electron chi connectivity index (χ4n) is 1.13. The van der Waals surface area contributed by atoms with Gasteiger partial charge in [0.1, 0.15) is 0 Å². The van der Waals surface area contributed by atoms with E-state index in [1.165, 1.54) is 6.07 Å². The van der Waals surface area contributed by atoms with E-state index in [2.05, 4.69) is 0 Å². The topological polar surface area (TPSA) is 54.4 Å². The predicted octanol–water partition coefficient (Wildman–Crippen LogP) is 1.28. The number of hydrogen-bond acceptors (Lipinski definition) is 3. The number of benzene rings is 1. The highest BCUT2D eigenvalue weighted by Crippen LogP contribution is 2.22. The van der Waals surface area contributed by atoms with E-state index in [9.17, 15) is 8.42 Å². The lowest BCUT2D eigenvalue weighted by Crippen LogP contribution is -1.99. The molecule has 0 aliphatic carbocycles. The van der Waals surface area contributed by atoms with Crippen LogP contribution in [-0.2, 0) is 16.3 Å². The van der Waals surface area contributed by atoms with Gasteiger partial charge in [0.15, 0.2) is 9.84 Å². The molecule has 1 N–H and O–H groups in total. The van der Waals surface area contributed by atoms with Gasteiger partial charge in [0.2, 0.25) is 0 Å². The van der Waals surface area contributed by atoms with E-state index < -0.39 is 9.84 Å². The molecule has 0 aliphatic heterocycles. The van der Waals surface area contributed by atoms with Gasteiger partial charge in [0, 0.05) is 12.9 Å². The van der Waals surface area contributed by atoms with Crippen LogP contribution in [0.3, 0.4) is 0 Å². The molecule has 5 heteroatoms. The van der Waals surface area contributed by atoms with Crippen LogP contribution in [0.2, 0.25) is 5.02 Å². The Balaban J connectivity index is 3.15. The van der Waals surface area contributed by atoms with E-state index in [4.69, 9.17) is 16.7 Å². The maximum atomic E-state index is 11.2. The fourth-order valence-corrected chi connectivity index (χ4v) is 2.48. The van der Waals surface area contributed by atoms with Gasteiger partial charge in [0.05, 0.1) is 9.92 Å². The van der Waals surface area contributed by atoms with Gasteiger partial charge in [-0.05, 0) is 24.1 Å². The highest BCUT2D eigenvalue weighted by Gasteiger charge is 2.11. The second kappa shape index (κ2) is 4.29. The summed E-state index contributed by atoms with van der Waals surface area (Å²) in [6, 6.07) is 4.68. The fraction of sp³-hybridized carbons (Fsp3) is 0.333. The SMILES string of the molecule is CS(=O)(=O)c1ccc(CCO)cc1Cl. The minimum atomic E-state index is -3.26. The summed E-state index contributed by atoms with van der Waals surface area (Å²) in [5.74, 6) is 0. The van der Waals surface area contributed by atoms with Gasteiger partial charge in [0.25, 0.3) is 0 Å². The Morgan fingerprint density at radius 2 is 2.07 bits per heavy atom. The number of sulfone groups is 1. The molecule has 14 heavy (non-hydrogen) atoms. The molecule has 78 valence electrons. The summed E-state index contributed by atoms with van der Waals surface area (Å²) in [7, 11) is -3.26. The summed E-state index contributed by atoms with van der Waals surface area (Å²) < 4.78 is 22.4. The third kappa shape index (κ3) is 2.70. The van der Waals surface area contributed by atoms with Gasteiger partial charge in [-0.3, -0.25) is 0 Å². The van der Waals surface area contributed by atoms with Crippen molar-refractivity contribution in [1.29, 1.82) is 0 Å². The van der Waals surface area contributed by atoms with Crippen molar-refractivity contribution in [3.63, 3.8) is 0 Å². The number of hydrogen-bond donors (Lipinski definition) is 1. The lowest BCUT2D eigenvalue weighted by molar-refractivity contribution is 0.299. The Labute approximate surface area is 88.2 Å². The van der Waals surface area contributed by atoms with Gasteiger partial charge in [-0.1, -0.05) is 17.7 Å². The van der Waals surface area contributed by atoms with Crippen LogP contribution >= 0.6 is 11.6 Å². The molecule has 0 saturated heterocycles. The number of aliphatic hydroxyl groups is 1. The Morgan fingerprint density at radius 3 is 2.50 bits per heavy atom. The van der Waals surface area contributed by atoms with Crippen molar-refractivity contribution in [2.45, 2.75) is 11.3 Å². The molecule has 0 amide bonds. The zero-order chi connectivity index (χ0) is 10.8. The molecule has 0 unspecified atom stereocenters. The summed E-state index contributed by atoms with van der Waals surface area (Å²) >= 11 is 5.79. The molecule has 0 saturated carbocycles. The van der Waals surface area contributed by atoms with Crippen molar-refractivity contribution < 1.29 is 13.5 Å². The first-order valence-electron chi connectivity index (χ1n) is 4.04. The van der Waals surface area contributed by atoms with Crippen LogP contribution in [0.1, 0.15) is 5.56 Å². The van der Waals surface area contributed by atoms with Crippen molar-refractivity contribution >= 4 is 21.4 Å². The highest BCUT2D eigenvalue weighted by atomic mass is 35.5. The normalized spacial score (nSPS) is 11.6. The van der Waals surface area contributed by atoms with Crippen molar-refractivity contribution in [3.05, 3.63) is 28.8 Å². The van der Waals surface area contributed by atoms with Crippen molar-refractivity contribution in [1.82, 2.24) is 0 Å². The van der Waals surface area contributed by atoms with Crippen molar-refractivity contribution in [3.8, 4) is 0 Å². The van der Waals surface area contributed by atoms with Gasteiger partial charge in [-0.15, -0.1) is 0 Å². The minimum Gasteiger partial charge on any atom is -0.396 e. The van der Waals surface area contributed by atoms with Crippen molar-refractivity contribution in [2.24, 2.45) is 0 Å². The molecule has 0 fully saturated rings. The molecule has 0 aliphatic rings. The second-order valence-electron chi connectivity index (χ2n) is 3.01. The van der Waals surface area contributed by atoms with E-state index in [1.54, 1.807) is 12.1 Å². The molecule has 0 spiro atoms. The summed E-state index contributed by atoms with van der Waals surface area (Å²) in [6.45, 7) is 0.0224. The van der Waals surface area contributed by atoms with Crippen molar-refractivity contribution in [2.75, 3.05) is 12.9 Å². The maximum absolute atomic E-state index is 11.2. The molecule has 0 aromatic heterocycles. The van der Waals surface area contributed by atoms with Crippen LogP contribution in [0.4, 0.5) is 0 Å². The highest BCUT2D eigenvalue weighted by molar-refractivity contribution is 7.90. The average molecular weight is 235 g/mol. The molecule has 0 heterocycles. The molecule has 0 atom stereocenters. The lowest BCUT2D eigenvalue weighted by Gasteiger charge is -2.04. The van der Waals surface area contributed by atoms with Crippen LogP contribution in [0.25, 0.3) is 0 Å². The van der Waals surface area contributed by atoms with E-state index in [-0.39, 0.29) is 16.5 Å². The van der Waals surface area contributed by atoms with E-state index in [1.807, 2.05) is 0 Å². The third-order valence-corrected chi connectivity index (χ3v) is 3.38. The van der Waals surface area contributed by atoms with Gasteiger partial charge < -0.3 is 5.11 Å². The standard InChI is InChI=1S/C9H11ClO3S/c1-14(12,13)9-3-2-7(4-5-11)6-8(9)10/h2-3,6,11H,4-5H2,1H3. The average Bonchev–Trinajstić information content (AvgIpc) is 2.02. The quantitative estimate of drug-likeness (QED) is 0.857. The molecular formula is C9H11ClO3S. The second-order valence-corrected chi connectivity index (χ2v) is 5.40. The minimum absolute atomic E-state index is 0.0224. The van der Waals surface area contributed by atoms with E-state index in [0.29, 0.717) is 6.42 Å². The maximum Gasteiger partial charge on any atom is 0.176 e. The summed E-state index contributed by atoms with van der Waals surface area (Å²) in [5, 5.41) is 8.89. The van der Waals surface area contributed by atoms with E-state index >= 15 is 0 Å². The molecule has 3 nitrogen and oxygen atoms in total. The van der Waals surface area contributed by atoms with Gasteiger partial charge >= 0.3 is 0 Å². The Bertz CT molecular complexity index is 426. The zero-order valence-corrected chi connectivity index (χ0v) is 9.27. The first-order chi connectivity index (χ1) is 6.45. The Morgan fingerprint density at radius 1 is 1.43 bits per heavy atom. The first kappa shape index (κ1) is 11.5. The summed E-state index contributed by atoms with van der Waals surface area (Å²) in [6.07, 6.45) is 1.59. The van der Waals surface area contributed by atoms with Crippen LogP contribution in [0.15, 0.2) is 23.1 Å². The number of aliphatic hydroxyl groups excluding tert-OH is 1. The number of halogens is 1. The largest absolute Gasteiger partial charge is 0.396 e. The zero-order valence-electron chi connectivity index (χ0n) is 7.70. The molecular weight excluding hydrogens is 224 g/mol. The molecule has 0 bridgehead atoms. The van der Waals surface area contributed by atoms with Crippen LogP contribution < -0.4 is 0 Å². The van der Waals surface area contributed by atoms with Crippen LogP contribution in [0, 0.1) is 0 Å². The van der Waals surface area contributed by atoms with Crippen LogP contribution in [-0.4, -0.2) is 26.4 Å². The monoisotopic (exact) mass is 234 g/mol. The van der Waals surface area contributed by atoms with E-state index in [0.717, 1.165) is 11.8 Å². The lowest BCUT2D eigenvalue weighted by atomic mass is 10.2. The summed E-state index contributed by atoms with van der Waals surface area (Å²) in [4.78, 5) is 0.126. The van der Waals surface area contributed by atoms with Gasteiger partial charge in [-0.2, -0.15) is 0 Å². The summed E-state index contributed by atoms with van der Waals surface area (Å²) in [5.41, 5.74) is 0.824. The third-order valence-electron chi connectivity index (χ3n) is 1.80.